The quantitative estimate of drug-likeness (QED) is 0.798. The molecular weight excluding hydrogens is 312 g/mol. The van der Waals surface area contributed by atoms with E-state index in [1.807, 2.05) is 11.4 Å². The number of nitrogens with zero attached hydrogens (tertiary/aromatic N) is 3. The van der Waals surface area contributed by atoms with E-state index in [2.05, 4.69) is 29.2 Å². The Labute approximate surface area is 136 Å². The Hall–Kier alpha value is -2.54. The van der Waals surface area contributed by atoms with Gasteiger partial charge in [0.1, 0.15) is 6.54 Å². The number of anilines is 1. The van der Waals surface area contributed by atoms with Crippen LogP contribution < -0.4 is 10.7 Å². The molecule has 0 bridgehead atoms. The van der Waals surface area contributed by atoms with Crippen LogP contribution in [0.4, 0.5) is 5.13 Å². The first-order chi connectivity index (χ1) is 11.0. The van der Waals surface area contributed by atoms with Gasteiger partial charge < -0.3 is 5.32 Å². The lowest BCUT2D eigenvalue weighted by Gasteiger charge is -2.08. The zero-order valence-electron chi connectivity index (χ0n) is 12.8. The molecule has 2 heterocycles. The lowest BCUT2D eigenvalue weighted by atomic mass is 10.2. The summed E-state index contributed by atoms with van der Waals surface area (Å²) >= 11 is 1.40. The van der Waals surface area contributed by atoms with Gasteiger partial charge >= 0.3 is 0 Å². The van der Waals surface area contributed by atoms with Crippen molar-refractivity contribution in [2.45, 2.75) is 26.3 Å². The van der Waals surface area contributed by atoms with Gasteiger partial charge in [-0.25, -0.2) is 4.98 Å². The van der Waals surface area contributed by atoms with E-state index in [4.69, 9.17) is 0 Å². The van der Waals surface area contributed by atoms with Gasteiger partial charge in [-0.15, -0.1) is 11.3 Å². The molecule has 0 spiro atoms. The largest absolute Gasteiger partial charge is 0.300 e. The SMILES string of the molecule is CC(C)c1csc(NC(=O)Cn2ncc(=O)c3ccccc32)n1. The van der Waals surface area contributed by atoms with E-state index in [0.717, 1.165) is 5.69 Å². The van der Waals surface area contributed by atoms with Crippen LogP contribution in [0.2, 0.25) is 0 Å². The molecule has 3 rings (SSSR count). The third-order valence-corrected chi connectivity index (χ3v) is 4.19. The van der Waals surface area contributed by atoms with Gasteiger partial charge in [0.15, 0.2) is 5.13 Å². The predicted molar refractivity (Wildman–Crippen MR) is 90.8 cm³/mol. The number of amides is 1. The fourth-order valence-corrected chi connectivity index (χ4v) is 3.08. The van der Waals surface area contributed by atoms with Crippen molar-refractivity contribution in [3.05, 3.63) is 51.8 Å². The molecule has 0 saturated heterocycles. The summed E-state index contributed by atoms with van der Waals surface area (Å²) in [5, 5.41) is 9.88. The molecule has 118 valence electrons. The normalized spacial score (nSPS) is 11.1. The Bertz CT molecular complexity index is 914. The molecule has 0 unspecified atom stereocenters. The number of carbonyl (C=O) groups excluding carboxylic acids is 1. The Kier molecular flexibility index (Phi) is 4.20. The lowest BCUT2D eigenvalue weighted by Crippen LogP contribution is -2.22. The fourth-order valence-electron chi connectivity index (χ4n) is 2.19. The summed E-state index contributed by atoms with van der Waals surface area (Å²) in [6.45, 7) is 4.13. The van der Waals surface area contributed by atoms with Crippen LogP contribution in [-0.4, -0.2) is 20.7 Å². The van der Waals surface area contributed by atoms with Crippen molar-refractivity contribution in [1.29, 1.82) is 0 Å². The second-order valence-corrected chi connectivity index (χ2v) is 6.32. The van der Waals surface area contributed by atoms with Crippen LogP contribution in [0.3, 0.4) is 0 Å². The van der Waals surface area contributed by atoms with Gasteiger partial charge in [-0.2, -0.15) is 5.10 Å². The third kappa shape index (κ3) is 3.29. The van der Waals surface area contributed by atoms with E-state index >= 15 is 0 Å². The average molecular weight is 328 g/mol. The molecule has 1 aromatic carbocycles. The Morgan fingerprint density at radius 2 is 2.13 bits per heavy atom. The number of rotatable bonds is 4. The van der Waals surface area contributed by atoms with Gasteiger partial charge in [-0.3, -0.25) is 14.3 Å². The molecule has 0 aliphatic rings. The zero-order valence-corrected chi connectivity index (χ0v) is 13.6. The first-order valence-corrected chi connectivity index (χ1v) is 8.12. The topological polar surface area (TPSA) is 76.9 Å². The Balaban J connectivity index is 1.80. The van der Waals surface area contributed by atoms with Gasteiger partial charge in [0.05, 0.1) is 17.4 Å². The molecule has 0 aliphatic carbocycles. The van der Waals surface area contributed by atoms with Crippen LogP contribution in [0.25, 0.3) is 10.9 Å². The number of aromatic nitrogens is 3. The number of benzene rings is 1. The number of para-hydroxylation sites is 1. The number of hydrogen-bond donors (Lipinski definition) is 1. The summed E-state index contributed by atoms with van der Waals surface area (Å²) in [5.41, 5.74) is 1.44. The highest BCUT2D eigenvalue weighted by atomic mass is 32.1. The number of fused-ring (bicyclic) bond motifs is 1. The lowest BCUT2D eigenvalue weighted by molar-refractivity contribution is -0.116. The van der Waals surface area contributed by atoms with Crippen molar-refractivity contribution in [1.82, 2.24) is 14.8 Å². The van der Waals surface area contributed by atoms with Crippen LogP contribution in [-0.2, 0) is 11.3 Å². The van der Waals surface area contributed by atoms with Crippen molar-refractivity contribution >= 4 is 33.3 Å². The highest BCUT2D eigenvalue weighted by molar-refractivity contribution is 7.13. The van der Waals surface area contributed by atoms with Crippen molar-refractivity contribution in [3.8, 4) is 0 Å². The fraction of sp³-hybridized carbons (Fsp3) is 0.250. The van der Waals surface area contributed by atoms with Crippen molar-refractivity contribution in [2.75, 3.05) is 5.32 Å². The summed E-state index contributed by atoms with van der Waals surface area (Å²) < 4.78 is 1.52. The number of carbonyl (C=O) groups is 1. The summed E-state index contributed by atoms with van der Waals surface area (Å²) in [7, 11) is 0. The van der Waals surface area contributed by atoms with Crippen LogP contribution >= 0.6 is 11.3 Å². The third-order valence-electron chi connectivity index (χ3n) is 3.42. The molecule has 7 heteroatoms. The van der Waals surface area contributed by atoms with E-state index in [0.29, 0.717) is 22.0 Å². The first-order valence-electron chi connectivity index (χ1n) is 7.24. The standard InChI is InChI=1S/C16H16N4O2S/c1-10(2)12-9-23-16(18-12)19-15(22)8-20-13-6-4-3-5-11(13)14(21)7-17-20/h3-7,9-10H,8H2,1-2H3,(H,18,19,22). The van der Waals surface area contributed by atoms with Crippen molar-refractivity contribution < 1.29 is 4.79 Å². The summed E-state index contributed by atoms with van der Waals surface area (Å²) in [4.78, 5) is 28.4. The molecule has 2 aromatic heterocycles. The van der Waals surface area contributed by atoms with Gasteiger partial charge in [0, 0.05) is 10.8 Å². The molecule has 0 saturated carbocycles. The van der Waals surface area contributed by atoms with Gasteiger partial charge in [-0.05, 0) is 18.1 Å². The molecule has 0 aliphatic heterocycles. The van der Waals surface area contributed by atoms with Crippen molar-refractivity contribution in [3.63, 3.8) is 0 Å². The Morgan fingerprint density at radius 1 is 1.35 bits per heavy atom. The first kappa shape index (κ1) is 15.4. The molecule has 3 aromatic rings. The highest BCUT2D eigenvalue weighted by Gasteiger charge is 2.11. The maximum atomic E-state index is 12.2. The molecule has 0 fully saturated rings. The zero-order chi connectivity index (χ0) is 16.4. The maximum absolute atomic E-state index is 12.2. The number of hydrogen-bond acceptors (Lipinski definition) is 5. The van der Waals surface area contributed by atoms with Crippen LogP contribution in [0.5, 0.6) is 0 Å². The molecule has 1 N–H and O–H groups in total. The predicted octanol–water partition coefficient (Wildman–Crippen LogP) is 2.62. The van der Waals surface area contributed by atoms with E-state index in [1.165, 1.54) is 22.2 Å². The van der Waals surface area contributed by atoms with E-state index in [9.17, 15) is 9.59 Å². The summed E-state index contributed by atoms with van der Waals surface area (Å²) in [5.74, 6) is 0.0949. The van der Waals surface area contributed by atoms with Crippen LogP contribution in [0.1, 0.15) is 25.5 Å². The summed E-state index contributed by atoms with van der Waals surface area (Å²) in [6, 6.07) is 7.10. The second-order valence-electron chi connectivity index (χ2n) is 5.46. The van der Waals surface area contributed by atoms with Gasteiger partial charge in [-0.1, -0.05) is 26.0 Å². The number of nitrogens with one attached hydrogen (secondary N) is 1. The van der Waals surface area contributed by atoms with E-state index < -0.39 is 0 Å². The Morgan fingerprint density at radius 3 is 2.87 bits per heavy atom. The molecule has 0 radical (unpaired) electrons. The minimum absolute atomic E-state index is 0.0252. The van der Waals surface area contributed by atoms with E-state index in [1.54, 1.807) is 18.2 Å². The average Bonchev–Trinajstić information content (AvgIpc) is 2.99. The van der Waals surface area contributed by atoms with Crippen molar-refractivity contribution in [2.24, 2.45) is 0 Å². The van der Waals surface area contributed by atoms with Crippen LogP contribution in [0, 0.1) is 0 Å². The van der Waals surface area contributed by atoms with Crippen LogP contribution in [0.15, 0.2) is 40.6 Å². The summed E-state index contributed by atoms with van der Waals surface area (Å²) in [6.07, 6.45) is 1.23. The molecule has 1 amide bonds. The van der Waals surface area contributed by atoms with Gasteiger partial charge in [0.2, 0.25) is 11.3 Å². The molecule has 0 atom stereocenters. The number of thiazole rings is 1. The molecular formula is C16H16N4O2S. The highest BCUT2D eigenvalue weighted by Crippen LogP contribution is 2.21. The van der Waals surface area contributed by atoms with E-state index in [-0.39, 0.29) is 17.9 Å². The molecule has 6 nitrogen and oxygen atoms in total. The maximum Gasteiger partial charge on any atom is 0.247 e. The molecule has 23 heavy (non-hydrogen) atoms. The minimum atomic E-state index is -0.226. The second kappa shape index (κ2) is 6.29. The van der Waals surface area contributed by atoms with Gasteiger partial charge in [0.25, 0.3) is 0 Å². The smallest absolute Gasteiger partial charge is 0.247 e. The minimum Gasteiger partial charge on any atom is -0.300 e. The monoisotopic (exact) mass is 328 g/mol.